The molecule has 4 N–H and O–H groups in total. The number of H-pyrrole nitrogens is 1. The van der Waals surface area contributed by atoms with Gasteiger partial charge < -0.3 is 15.8 Å². The molecule has 0 bridgehead atoms. The van der Waals surface area contributed by atoms with E-state index in [1.165, 1.54) is 0 Å². The number of nitrogens with two attached hydrogens (primary N) is 1. The predicted molar refractivity (Wildman–Crippen MR) is 92.1 cm³/mol. The first-order valence-corrected chi connectivity index (χ1v) is 7.70. The Balaban J connectivity index is 1.76. The van der Waals surface area contributed by atoms with E-state index in [9.17, 15) is 9.59 Å². The number of hydrogen-bond donors (Lipinski definition) is 3. The Kier molecular flexibility index (Phi) is 4.44. The van der Waals surface area contributed by atoms with Gasteiger partial charge in [0, 0.05) is 16.8 Å². The van der Waals surface area contributed by atoms with E-state index in [1.807, 2.05) is 30.3 Å². The second-order valence-electron chi connectivity index (χ2n) is 5.83. The summed E-state index contributed by atoms with van der Waals surface area (Å²) in [5.74, 6) is -1.07. The van der Waals surface area contributed by atoms with Gasteiger partial charge >= 0.3 is 5.97 Å². The Bertz CT molecular complexity index is 865. The highest BCUT2D eigenvalue weighted by Gasteiger charge is 2.14. The molecule has 0 saturated heterocycles. The Morgan fingerprint density at radius 1 is 1.08 bits per heavy atom. The maximum atomic E-state index is 12.5. The molecule has 0 fully saturated rings. The molecule has 0 aliphatic rings. The lowest BCUT2D eigenvalue weighted by Gasteiger charge is -2.08. The topological polar surface area (TPSA) is 96.2 Å². The van der Waals surface area contributed by atoms with Crippen LogP contribution in [0.3, 0.4) is 0 Å². The van der Waals surface area contributed by atoms with Crippen LogP contribution in [0.1, 0.15) is 21.6 Å². The molecule has 1 atom stereocenters. The monoisotopic (exact) mass is 322 g/mol. The third kappa shape index (κ3) is 3.52. The summed E-state index contributed by atoms with van der Waals surface area (Å²) >= 11 is 0. The number of nitrogens with one attached hydrogen (secondary N) is 1. The molecular weight excluding hydrogens is 304 g/mol. The minimum Gasteiger partial charge on any atom is -0.480 e. The zero-order chi connectivity index (χ0) is 17.1. The number of aliphatic carboxylic acids is 1. The van der Waals surface area contributed by atoms with Crippen molar-refractivity contribution in [3.05, 3.63) is 71.4 Å². The van der Waals surface area contributed by atoms with Crippen LogP contribution in [0.2, 0.25) is 0 Å². The SMILES string of the molecule is N[C@@H](Cc1cccc(C(=O)Cc2cc3ccccc3[nH]2)c1)C(=O)O. The third-order valence-corrected chi connectivity index (χ3v) is 3.96. The summed E-state index contributed by atoms with van der Waals surface area (Å²) in [4.78, 5) is 26.6. The molecule has 3 aromatic rings. The van der Waals surface area contributed by atoms with Gasteiger partial charge in [0.15, 0.2) is 5.78 Å². The molecule has 0 unspecified atom stereocenters. The van der Waals surface area contributed by atoms with E-state index in [1.54, 1.807) is 24.3 Å². The Labute approximate surface area is 139 Å². The summed E-state index contributed by atoms with van der Waals surface area (Å²) in [7, 11) is 0. The molecule has 1 heterocycles. The lowest BCUT2D eigenvalue weighted by Crippen LogP contribution is -2.32. The normalized spacial score (nSPS) is 12.2. The molecule has 5 nitrogen and oxygen atoms in total. The fraction of sp³-hybridized carbons (Fsp3) is 0.158. The number of carbonyl (C=O) groups excluding carboxylic acids is 1. The van der Waals surface area contributed by atoms with Gasteiger partial charge in [-0.1, -0.05) is 36.4 Å². The molecule has 0 aliphatic heterocycles. The maximum absolute atomic E-state index is 12.5. The van der Waals surface area contributed by atoms with E-state index in [0.717, 1.165) is 22.2 Å². The highest BCUT2D eigenvalue weighted by atomic mass is 16.4. The molecule has 3 rings (SSSR count). The number of carboxylic acids is 1. The van der Waals surface area contributed by atoms with Crippen LogP contribution >= 0.6 is 0 Å². The van der Waals surface area contributed by atoms with Crippen molar-refractivity contribution in [1.82, 2.24) is 4.98 Å². The van der Waals surface area contributed by atoms with Gasteiger partial charge in [0.25, 0.3) is 0 Å². The van der Waals surface area contributed by atoms with Crippen molar-refractivity contribution >= 4 is 22.7 Å². The van der Waals surface area contributed by atoms with Crippen LogP contribution in [-0.4, -0.2) is 27.9 Å². The van der Waals surface area contributed by atoms with Crippen molar-refractivity contribution in [2.24, 2.45) is 5.73 Å². The second-order valence-corrected chi connectivity index (χ2v) is 5.83. The standard InChI is InChI=1S/C19H18N2O3/c20-16(19(23)24)9-12-4-3-6-14(8-12)18(22)11-15-10-13-5-1-2-7-17(13)21-15/h1-8,10,16,21H,9,11,20H2,(H,23,24)/t16-/m0/s1. The van der Waals surface area contributed by atoms with Gasteiger partial charge in [-0.2, -0.15) is 0 Å². The van der Waals surface area contributed by atoms with Crippen molar-refractivity contribution in [2.45, 2.75) is 18.9 Å². The van der Waals surface area contributed by atoms with E-state index in [0.29, 0.717) is 5.56 Å². The fourth-order valence-electron chi connectivity index (χ4n) is 2.72. The van der Waals surface area contributed by atoms with E-state index >= 15 is 0 Å². The highest BCUT2D eigenvalue weighted by Crippen LogP contribution is 2.17. The van der Waals surface area contributed by atoms with Crippen LogP contribution in [0.15, 0.2) is 54.6 Å². The minimum atomic E-state index is -1.05. The Hall–Kier alpha value is -2.92. The zero-order valence-electron chi connectivity index (χ0n) is 13.0. The van der Waals surface area contributed by atoms with Crippen LogP contribution in [0.4, 0.5) is 0 Å². The number of benzene rings is 2. The fourth-order valence-corrected chi connectivity index (χ4v) is 2.72. The lowest BCUT2D eigenvalue weighted by atomic mass is 10.0. The molecule has 0 radical (unpaired) electrons. The minimum absolute atomic E-state index is 0.0210. The van der Waals surface area contributed by atoms with E-state index in [-0.39, 0.29) is 18.6 Å². The van der Waals surface area contributed by atoms with Gasteiger partial charge in [0.1, 0.15) is 6.04 Å². The summed E-state index contributed by atoms with van der Waals surface area (Å²) in [5, 5.41) is 9.96. The number of Topliss-reactive ketones (excluding diaryl/α,β-unsaturated/α-hetero) is 1. The second kappa shape index (κ2) is 6.68. The number of fused-ring (bicyclic) bond motifs is 1. The zero-order valence-corrected chi connectivity index (χ0v) is 13.0. The molecule has 0 spiro atoms. The first kappa shape index (κ1) is 16.0. The summed E-state index contributed by atoms with van der Waals surface area (Å²) in [5.41, 5.74) is 8.71. The Morgan fingerprint density at radius 2 is 1.88 bits per heavy atom. The third-order valence-electron chi connectivity index (χ3n) is 3.96. The lowest BCUT2D eigenvalue weighted by molar-refractivity contribution is -0.138. The smallest absolute Gasteiger partial charge is 0.320 e. The van der Waals surface area contributed by atoms with Crippen LogP contribution in [-0.2, 0) is 17.6 Å². The quantitative estimate of drug-likeness (QED) is 0.608. The summed E-state index contributed by atoms with van der Waals surface area (Å²) < 4.78 is 0. The molecule has 122 valence electrons. The molecular formula is C19H18N2O3. The van der Waals surface area contributed by atoms with Crippen molar-refractivity contribution in [3.8, 4) is 0 Å². The molecule has 1 aromatic heterocycles. The van der Waals surface area contributed by atoms with Crippen LogP contribution < -0.4 is 5.73 Å². The number of hydrogen-bond acceptors (Lipinski definition) is 3. The van der Waals surface area contributed by atoms with E-state index < -0.39 is 12.0 Å². The molecule has 24 heavy (non-hydrogen) atoms. The number of carbonyl (C=O) groups is 2. The number of ketones is 1. The number of rotatable bonds is 6. The van der Waals surface area contributed by atoms with E-state index in [4.69, 9.17) is 10.8 Å². The van der Waals surface area contributed by atoms with Crippen molar-refractivity contribution in [3.63, 3.8) is 0 Å². The van der Waals surface area contributed by atoms with Gasteiger partial charge in [0.05, 0.1) is 6.42 Å². The van der Waals surface area contributed by atoms with Crippen molar-refractivity contribution < 1.29 is 14.7 Å². The van der Waals surface area contributed by atoms with Crippen LogP contribution in [0.25, 0.3) is 10.9 Å². The molecule has 0 amide bonds. The van der Waals surface area contributed by atoms with Gasteiger partial charge in [-0.3, -0.25) is 9.59 Å². The largest absolute Gasteiger partial charge is 0.480 e. The van der Waals surface area contributed by atoms with Crippen molar-refractivity contribution in [1.29, 1.82) is 0 Å². The van der Waals surface area contributed by atoms with Crippen LogP contribution in [0, 0.1) is 0 Å². The highest BCUT2D eigenvalue weighted by molar-refractivity contribution is 5.98. The maximum Gasteiger partial charge on any atom is 0.320 e. The summed E-state index contributed by atoms with van der Waals surface area (Å²) in [6.45, 7) is 0. The number of aromatic nitrogens is 1. The number of carboxylic acid groups (broad SMARTS) is 1. The molecule has 5 heteroatoms. The first-order valence-electron chi connectivity index (χ1n) is 7.70. The van der Waals surface area contributed by atoms with Gasteiger partial charge in [0.2, 0.25) is 0 Å². The average Bonchev–Trinajstić information content (AvgIpc) is 2.97. The Morgan fingerprint density at radius 3 is 2.62 bits per heavy atom. The van der Waals surface area contributed by atoms with Gasteiger partial charge in [-0.05, 0) is 35.6 Å². The molecule has 0 saturated carbocycles. The number of aromatic amines is 1. The predicted octanol–water partition coefficient (Wildman–Crippen LogP) is 2.55. The van der Waals surface area contributed by atoms with Crippen molar-refractivity contribution in [2.75, 3.05) is 0 Å². The average molecular weight is 322 g/mol. The summed E-state index contributed by atoms with van der Waals surface area (Å²) in [6, 6.07) is 15.8. The molecule has 0 aliphatic carbocycles. The van der Waals surface area contributed by atoms with Gasteiger partial charge in [-0.15, -0.1) is 0 Å². The van der Waals surface area contributed by atoms with Crippen LogP contribution in [0.5, 0.6) is 0 Å². The van der Waals surface area contributed by atoms with Gasteiger partial charge in [-0.25, -0.2) is 0 Å². The number of para-hydroxylation sites is 1. The first-order chi connectivity index (χ1) is 11.5. The molecule has 2 aromatic carbocycles. The summed E-state index contributed by atoms with van der Waals surface area (Å²) in [6.07, 6.45) is 0.464. The van der Waals surface area contributed by atoms with E-state index in [2.05, 4.69) is 4.98 Å².